The van der Waals surface area contributed by atoms with E-state index in [1.54, 1.807) is 0 Å². The maximum absolute atomic E-state index is 11.1. The fraction of sp³-hybridized carbons (Fsp3) is 0.200. The number of hydrogen-bond acceptors (Lipinski definition) is 4. The molecule has 0 spiro atoms. The van der Waals surface area contributed by atoms with Crippen molar-refractivity contribution in [2.45, 2.75) is 0 Å². The average Bonchev–Trinajstić information content (AvgIpc) is 2.26. The van der Waals surface area contributed by atoms with Gasteiger partial charge < -0.3 is 9.47 Å². The summed E-state index contributed by atoms with van der Waals surface area (Å²) < 4.78 is 9.96. The maximum atomic E-state index is 11.1. The number of carbonyl (C=O) groups excluding carboxylic acids is 2. The van der Waals surface area contributed by atoms with Crippen LogP contribution in [0.15, 0.2) is 12.1 Å². The molecule has 0 fully saturated rings. The lowest BCUT2D eigenvalue weighted by molar-refractivity contribution is 0.106. The van der Waals surface area contributed by atoms with Crippen molar-refractivity contribution >= 4 is 23.1 Å². The first-order valence-electron chi connectivity index (χ1n) is 4.05. The number of hydrogen-bond donors (Lipinski definition) is 0. The van der Waals surface area contributed by atoms with Crippen LogP contribution in [0.3, 0.4) is 0 Å². The summed E-state index contributed by atoms with van der Waals surface area (Å²) in [5, 5.41) is -0.757. The molecule has 4 nitrogen and oxygen atoms in total. The third-order valence-corrected chi connectivity index (χ3v) is 2.09. The maximum Gasteiger partial charge on any atom is 0.257 e. The van der Waals surface area contributed by atoms with Gasteiger partial charge in [-0.25, -0.2) is 0 Å². The average molecular weight is 229 g/mol. The van der Waals surface area contributed by atoms with Crippen LogP contribution in [0.5, 0.6) is 11.5 Å². The number of halogens is 1. The summed E-state index contributed by atoms with van der Waals surface area (Å²) in [4.78, 5) is 21.8. The topological polar surface area (TPSA) is 52.6 Å². The Labute approximate surface area is 91.7 Å². The van der Waals surface area contributed by atoms with Crippen LogP contribution < -0.4 is 9.47 Å². The Morgan fingerprint density at radius 1 is 1.33 bits per heavy atom. The molecular formula is C10H9ClO4. The van der Waals surface area contributed by atoms with E-state index in [-0.39, 0.29) is 16.9 Å². The van der Waals surface area contributed by atoms with Gasteiger partial charge in [0.1, 0.15) is 0 Å². The summed E-state index contributed by atoms with van der Waals surface area (Å²) in [6, 6.07) is 2.98. The van der Waals surface area contributed by atoms with E-state index in [1.165, 1.54) is 26.4 Å². The van der Waals surface area contributed by atoms with Crippen LogP contribution in [-0.4, -0.2) is 25.7 Å². The molecule has 0 heterocycles. The van der Waals surface area contributed by atoms with Gasteiger partial charge in [0.05, 0.1) is 19.8 Å². The fourth-order valence-corrected chi connectivity index (χ4v) is 1.44. The molecule has 0 N–H and O–H groups in total. The Hall–Kier alpha value is -1.55. The number of aldehydes is 1. The molecule has 15 heavy (non-hydrogen) atoms. The molecule has 0 aromatic heterocycles. The summed E-state index contributed by atoms with van der Waals surface area (Å²) >= 11 is 5.37. The number of methoxy groups -OCH3 is 2. The summed E-state index contributed by atoms with van der Waals surface area (Å²) in [7, 11) is 2.80. The summed E-state index contributed by atoms with van der Waals surface area (Å²) in [5.41, 5.74) is 0.196. The van der Waals surface area contributed by atoms with E-state index < -0.39 is 5.24 Å². The molecular weight excluding hydrogens is 220 g/mol. The van der Waals surface area contributed by atoms with Gasteiger partial charge in [-0.1, -0.05) is 0 Å². The Morgan fingerprint density at radius 2 is 2.00 bits per heavy atom. The molecule has 1 aromatic rings. The van der Waals surface area contributed by atoms with Gasteiger partial charge in [-0.05, 0) is 23.7 Å². The van der Waals surface area contributed by atoms with Gasteiger partial charge in [0, 0.05) is 5.56 Å². The second-order valence-electron chi connectivity index (χ2n) is 2.66. The van der Waals surface area contributed by atoms with E-state index in [0.29, 0.717) is 12.0 Å². The van der Waals surface area contributed by atoms with Gasteiger partial charge in [0.25, 0.3) is 5.24 Å². The summed E-state index contributed by atoms with van der Waals surface area (Å²) in [6.07, 6.45) is 0.539. The van der Waals surface area contributed by atoms with Gasteiger partial charge in [-0.3, -0.25) is 9.59 Å². The number of benzene rings is 1. The van der Waals surface area contributed by atoms with Crippen LogP contribution in [0.25, 0.3) is 0 Å². The van der Waals surface area contributed by atoms with Crippen LogP contribution in [0.2, 0.25) is 0 Å². The van der Waals surface area contributed by atoms with Crippen molar-refractivity contribution in [2.24, 2.45) is 0 Å². The SMILES string of the molecule is COc1ccc(C=O)c(C(=O)Cl)c1OC. The summed E-state index contributed by atoms with van der Waals surface area (Å²) in [5.74, 6) is 0.522. The summed E-state index contributed by atoms with van der Waals surface area (Å²) in [6.45, 7) is 0. The van der Waals surface area contributed by atoms with Crippen LogP contribution in [-0.2, 0) is 0 Å². The molecule has 0 aliphatic carbocycles. The van der Waals surface area contributed by atoms with Gasteiger partial charge >= 0.3 is 0 Å². The van der Waals surface area contributed by atoms with Crippen molar-refractivity contribution in [3.63, 3.8) is 0 Å². The molecule has 0 aliphatic rings. The van der Waals surface area contributed by atoms with Gasteiger partial charge in [-0.2, -0.15) is 0 Å². The van der Waals surface area contributed by atoms with Crippen molar-refractivity contribution in [3.8, 4) is 11.5 Å². The van der Waals surface area contributed by atoms with Gasteiger partial charge in [-0.15, -0.1) is 0 Å². The smallest absolute Gasteiger partial charge is 0.257 e. The minimum absolute atomic E-state index is 0.0218. The third-order valence-electron chi connectivity index (χ3n) is 1.90. The van der Waals surface area contributed by atoms with Crippen molar-refractivity contribution in [1.82, 2.24) is 0 Å². The molecule has 0 atom stereocenters. The van der Waals surface area contributed by atoms with Crippen LogP contribution in [0, 0.1) is 0 Å². The van der Waals surface area contributed by atoms with E-state index in [1.807, 2.05) is 0 Å². The minimum Gasteiger partial charge on any atom is -0.493 e. The minimum atomic E-state index is -0.757. The molecule has 0 amide bonds. The Morgan fingerprint density at radius 3 is 2.40 bits per heavy atom. The number of rotatable bonds is 4. The zero-order valence-electron chi connectivity index (χ0n) is 8.24. The van der Waals surface area contributed by atoms with Crippen molar-refractivity contribution in [1.29, 1.82) is 0 Å². The molecule has 1 aromatic carbocycles. The monoisotopic (exact) mass is 228 g/mol. The molecule has 0 radical (unpaired) electrons. The Kier molecular flexibility index (Phi) is 3.68. The molecule has 0 unspecified atom stereocenters. The van der Waals surface area contributed by atoms with E-state index in [2.05, 4.69) is 0 Å². The van der Waals surface area contributed by atoms with Crippen molar-refractivity contribution in [3.05, 3.63) is 23.3 Å². The molecule has 0 aliphatic heterocycles. The first-order valence-corrected chi connectivity index (χ1v) is 4.43. The fourth-order valence-electron chi connectivity index (χ4n) is 1.24. The van der Waals surface area contributed by atoms with E-state index >= 15 is 0 Å². The predicted octanol–water partition coefficient (Wildman–Crippen LogP) is 1.90. The highest BCUT2D eigenvalue weighted by Gasteiger charge is 2.19. The Bertz CT molecular complexity index is 401. The first kappa shape index (κ1) is 11.5. The van der Waals surface area contributed by atoms with Crippen molar-refractivity contribution < 1.29 is 19.1 Å². The zero-order valence-corrected chi connectivity index (χ0v) is 9.00. The van der Waals surface area contributed by atoms with Gasteiger partial charge in [0.15, 0.2) is 17.8 Å². The lowest BCUT2D eigenvalue weighted by Gasteiger charge is -2.11. The first-order chi connectivity index (χ1) is 7.15. The highest BCUT2D eigenvalue weighted by Crippen LogP contribution is 2.33. The van der Waals surface area contributed by atoms with Crippen LogP contribution in [0.4, 0.5) is 0 Å². The van der Waals surface area contributed by atoms with E-state index in [4.69, 9.17) is 21.1 Å². The number of ether oxygens (including phenoxy) is 2. The zero-order chi connectivity index (χ0) is 11.4. The third kappa shape index (κ3) is 2.10. The molecule has 0 bridgehead atoms. The molecule has 0 saturated carbocycles. The molecule has 0 saturated heterocycles. The highest BCUT2D eigenvalue weighted by molar-refractivity contribution is 6.68. The molecule has 5 heteroatoms. The van der Waals surface area contributed by atoms with Crippen LogP contribution >= 0.6 is 11.6 Å². The van der Waals surface area contributed by atoms with Gasteiger partial charge in [0.2, 0.25) is 0 Å². The largest absolute Gasteiger partial charge is 0.493 e. The molecule has 1 rings (SSSR count). The van der Waals surface area contributed by atoms with Crippen LogP contribution in [0.1, 0.15) is 20.7 Å². The Balaban J connectivity index is 3.51. The van der Waals surface area contributed by atoms with E-state index in [9.17, 15) is 9.59 Å². The quantitative estimate of drug-likeness (QED) is 0.583. The standard InChI is InChI=1S/C10H9ClO4/c1-14-7-4-3-6(5-12)8(10(11)13)9(7)15-2/h3-5H,1-2H3. The second kappa shape index (κ2) is 4.79. The number of carbonyl (C=O) groups is 2. The molecule has 80 valence electrons. The predicted molar refractivity (Wildman–Crippen MR) is 55.1 cm³/mol. The highest BCUT2D eigenvalue weighted by atomic mass is 35.5. The lowest BCUT2D eigenvalue weighted by atomic mass is 10.1. The van der Waals surface area contributed by atoms with E-state index in [0.717, 1.165) is 0 Å². The normalized spacial score (nSPS) is 9.53. The lowest BCUT2D eigenvalue weighted by Crippen LogP contribution is -2.03. The van der Waals surface area contributed by atoms with Crippen molar-refractivity contribution in [2.75, 3.05) is 14.2 Å². The second-order valence-corrected chi connectivity index (χ2v) is 3.00.